The number of rotatable bonds is 6. The third kappa shape index (κ3) is 6.14. The van der Waals surface area contributed by atoms with Crippen LogP contribution in [0.4, 0.5) is 5.69 Å². The number of carbonyl (C=O) groups excluding carboxylic acids is 1. The number of thiocarbonyl (C=S) groups is 1. The van der Waals surface area contributed by atoms with Crippen molar-refractivity contribution in [3.05, 3.63) is 58.1 Å². The molecule has 2 aromatic rings. The molecule has 0 atom stereocenters. The fourth-order valence-electron chi connectivity index (χ4n) is 2.15. The molecule has 0 saturated carbocycles. The van der Waals surface area contributed by atoms with Crippen LogP contribution in [0.5, 0.6) is 5.75 Å². The molecule has 0 radical (unpaired) electrons. The van der Waals surface area contributed by atoms with Crippen LogP contribution in [0.15, 0.2) is 46.9 Å². The normalized spacial score (nSPS) is 10.2. The Morgan fingerprint density at radius 2 is 2.04 bits per heavy atom. The van der Waals surface area contributed by atoms with Crippen LogP contribution in [0.2, 0.25) is 0 Å². The first kappa shape index (κ1) is 19.4. The minimum Gasteiger partial charge on any atom is -0.492 e. The fourth-order valence-corrected chi connectivity index (χ4v) is 2.85. The van der Waals surface area contributed by atoms with Crippen molar-refractivity contribution in [1.29, 1.82) is 0 Å². The number of unbranched alkanes of at least 4 members (excludes halogenated alkanes) is 1. The quantitative estimate of drug-likeness (QED) is 0.506. The molecule has 0 aliphatic heterocycles. The molecule has 6 heteroatoms. The van der Waals surface area contributed by atoms with Crippen LogP contribution >= 0.6 is 28.1 Å². The van der Waals surface area contributed by atoms with E-state index in [-0.39, 0.29) is 11.0 Å². The highest BCUT2D eigenvalue weighted by Gasteiger charge is 2.11. The first-order valence-electron chi connectivity index (χ1n) is 8.11. The van der Waals surface area contributed by atoms with E-state index in [1.54, 1.807) is 18.2 Å². The Morgan fingerprint density at radius 1 is 1.24 bits per heavy atom. The lowest BCUT2D eigenvalue weighted by Gasteiger charge is -2.12. The zero-order valence-electron chi connectivity index (χ0n) is 14.3. The minimum absolute atomic E-state index is 0.259. The summed E-state index contributed by atoms with van der Waals surface area (Å²) < 4.78 is 6.41. The maximum atomic E-state index is 12.3. The Labute approximate surface area is 162 Å². The second-order valence-corrected chi connectivity index (χ2v) is 6.89. The van der Waals surface area contributed by atoms with E-state index in [9.17, 15) is 4.79 Å². The van der Waals surface area contributed by atoms with Gasteiger partial charge in [-0.15, -0.1) is 0 Å². The molecule has 0 unspecified atom stereocenters. The number of hydrogen-bond acceptors (Lipinski definition) is 3. The van der Waals surface area contributed by atoms with Crippen molar-refractivity contribution in [2.24, 2.45) is 0 Å². The molecule has 132 valence electrons. The van der Waals surface area contributed by atoms with Gasteiger partial charge in [-0.25, -0.2) is 0 Å². The minimum atomic E-state index is -0.272. The molecule has 0 heterocycles. The van der Waals surface area contributed by atoms with Gasteiger partial charge in [-0.3, -0.25) is 10.1 Å². The average molecular weight is 421 g/mol. The summed E-state index contributed by atoms with van der Waals surface area (Å²) >= 11 is 8.65. The third-order valence-electron chi connectivity index (χ3n) is 3.45. The molecular formula is C19H21BrN2O2S. The second kappa shape index (κ2) is 9.53. The van der Waals surface area contributed by atoms with E-state index in [1.165, 1.54) is 0 Å². The van der Waals surface area contributed by atoms with Gasteiger partial charge in [0.15, 0.2) is 5.11 Å². The highest BCUT2D eigenvalue weighted by Crippen LogP contribution is 2.26. The van der Waals surface area contributed by atoms with E-state index in [0.29, 0.717) is 12.2 Å². The maximum absolute atomic E-state index is 12.3. The summed E-state index contributed by atoms with van der Waals surface area (Å²) in [6, 6.07) is 13.0. The number of carbonyl (C=O) groups is 1. The van der Waals surface area contributed by atoms with Crippen molar-refractivity contribution in [2.45, 2.75) is 26.7 Å². The van der Waals surface area contributed by atoms with Crippen molar-refractivity contribution in [3.63, 3.8) is 0 Å². The fraction of sp³-hybridized carbons (Fsp3) is 0.263. The van der Waals surface area contributed by atoms with Crippen molar-refractivity contribution < 1.29 is 9.53 Å². The Hall–Kier alpha value is -1.92. The molecule has 2 N–H and O–H groups in total. The number of benzene rings is 2. The molecule has 1 amide bonds. The molecule has 0 aliphatic carbocycles. The number of ether oxygens (including phenoxy) is 1. The lowest BCUT2D eigenvalue weighted by atomic mass is 10.2. The van der Waals surface area contributed by atoms with Crippen LogP contribution in [0, 0.1) is 6.92 Å². The number of anilines is 1. The van der Waals surface area contributed by atoms with Gasteiger partial charge in [-0.05, 0) is 77.4 Å². The number of aryl methyl sites for hydroxylation is 1. The molecule has 2 aromatic carbocycles. The van der Waals surface area contributed by atoms with Gasteiger partial charge in [0.1, 0.15) is 5.75 Å². The van der Waals surface area contributed by atoms with E-state index in [0.717, 1.165) is 34.3 Å². The van der Waals surface area contributed by atoms with Crippen molar-refractivity contribution >= 4 is 44.9 Å². The summed E-state index contributed by atoms with van der Waals surface area (Å²) in [5.41, 5.74) is 2.45. The van der Waals surface area contributed by atoms with Crippen LogP contribution in [-0.4, -0.2) is 17.6 Å². The lowest BCUT2D eigenvalue weighted by molar-refractivity contribution is 0.0977. The Bertz CT molecular complexity index is 765. The van der Waals surface area contributed by atoms with E-state index in [1.807, 2.05) is 31.2 Å². The Kier molecular flexibility index (Phi) is 7.40. The second-order valence-electron chi connectivity index (χ2n) is 5.62. The zero-order chi connectivity index (χ0) is 18.2. The molecule has 0 bridgehead atoms. The predicted molar refractivity (Wildman–Crippen MR) is 109 cm³/mol. The van der Waals surface area contributed by atoms with Gasteiger partial charge in [0.2, 0.25) is 0 Å². The third-order valence-corrected chi connectivity index (χ3v) is 4.28. The Morgan fingerprint density at radius 3 is 2.72 bits per heavy atom. The summed E-state index contributed by atoms with van der Waals surface area (Å²) in [7, 11) is 0. The molecule has 4 nitrogen and oxygen atoms in total. The first-order chi connectivity index (χ1) is 12.0. The summed E-state index contributed by atoms with van der Waals surface area (Å²) in [6.07, 6.45) is 2.07. The van der Waals surface area contributed by atoms with Crippen LogP contribution in [0.3, 0.4) is 0 Å². The topological polar surface area (TPSA) is 50.4 Å². The van der Waals surface area contributed by atoms with Gasteiger partial charge >= 0.3 is 0 Å². The van der Waals surface area contributed by atoms with Crippen molar-refractivity contribution in [3.8, 4) is 5.75 Å². The largest absolute Gasteiger partial charge is 0.492 e. The van der Waals surface area contributed by atoms with Gasteiger partial charge in [0.25, 0.3) is 5.91 Å². The first-order valence-corrected chi connectivity index (χ1v) is 9.31. The number of hydrogen-bond donors (Lipinski definition) is 2. The summed E-state index contributed by atoms with van der Waals surface area (Å²) in [5.74, 6) is 0.455. The summed E-state index contributed by atoms with van der Waals surface area (Å²) in [5, 5.41) is 5.95. The molecule has 0 aromatic heterocycles. The predicted octanol–water partition coefficient (Wildman–Crippen LogP) is 5.06. The molecule has 0 fully saturated rings. The standard InChI is InChI=1S/C19H21BrN2O2S/c1-3-4-10-24-17-9-8-14(12-16(17)20)18(23)22-19(25)21-15-7-5-6-13(2)11-15/h5-9,11-12H,3-4,10H2,1-2H3,(H2,21,22,23,25). The van der Waals surface area contributed by atoms with Crippen molar-refractivity contribution in [1.82, 2.24) is 5.32 Å². The van der Waals surface area contributed by atoms with Crippen LogP contribution < -0.4 is 15.4 Å². The molecule has 0 spiro atoms. The monoisotopic (exact) mass is 420 g/mol. The van der Waals surface area contributed by atoms with E-state index in [4.69, 9.17) is 17.0 Å². The van der Waals surface area contributed by atoms with Crippen LogP contribution in [-0.2, 0) is 0 Å². The van der Waals surface area contributed by atoms with E-state index >= 15 is 0 Å². The molecule has 0 saturated heterocycles. The lowest BCUT2D eigenvalue weighted by Crippen LogP contribution is -2.34. The zero-order valence-corrected chi connectivity index (χ0v) is 16.7. The summed E-state index contributed by atoms with van der Waals surface area (Å²) in [4.78, 5) is 12.3. The highest BCUT2D eigenvalue weighted by molar-refractivity contribution is 9.10. The number of nitrogens with one attached hydrogen (secondary N) is 2. The van der Waals surface area contributed by atoms with Gasteiger partial charge in [0, 0.05) is 11.3 Å². The maximum Gasteiger partial charge on any atom is 0.257 e. The number of halogens is 1. The van der Waals surface area contributed by atoms with E-state index < -0.39 is 0 Å². The van der Waals surface area contributed by atoms with E-state index in [2.05, 4.69) is 33.5 Å². The van der Waals surface area contributed by atoms with Crippen molar-refractivity contribution in [2.75, 3.05) is 11.9 Å². The van der Waals surface area contributed by atoms with Crippen LogP contribution in [0.25, 0.3) is 0 Å². The van der Waals surface area contributed by atoms with Gasteiger partial charge in [-0.1, -0.05) is 25.5 Å². The SMILES string of the molecule is CCCCOc1ccc(C(=O)NC(=S)Nc2cccc(C)c2)cc1Br. The van der Waals surface area contributed by atoms with Gasteiger partial charge < -0.3 is 10.1 Å². The molecular weight excluding hydrogens is 400 g/mol. The van der Waals surface area contributed by atoms with Crippen LogP contribution in [0.1, 0.15) is 35.7 Å². The smallest absolute Gasteiger partial charge is 0.257 e. The molecule has 25 heavy (non-hydrogen) atoms. The average Bonchev–Trinajstić information content (AvgIpc) is 2.56. The van der Waals surface area contributed by atoms with Gasteiger partial charge in [0.05, 0.1) is 11.1 Å². The summed E-state index contributed by atoms with van der Waals surface area (Å²) in [6.45, 7) is 4.76. The van der Waals surface area contributed by atoms with Gasteiger partial charge in [-0.2, -0.15) is 0 Å². The number of amides is 1. The Balaban J connectivity index is 1.95. The highest BCUT2D eigenvalue weighted by atomic mass is 79.9. The molecule has 0 aliphatic rings. The molecule has 2 rings (SSSR count).